The normalized spacial score (nSPS) is 10.1. The number of amides is 1. The second-order valence-corrected chi connectivity index (χ2v) is 3.39. The lowest BCUT2D eigenvalue weighted by atomic mass is 10.3. The van der Waals surface area contributed by atoms with E-state index in [1.54, 1.807) is 12.4 Å². The molecule has 0 aliphatic heterocycles. The summed E-state index contributed by atoms with van der Waals surface area (Å²) in [6.07, 6.45) is 4.05. The molecule has 0 spiro atoms. The van der Waals surface area contributed by atoms with Crippen molar-refractivity contribution in [3.05, 3.63) is 36.0 Å². The van der Waals surface area contributed by atoms with Crippen molar-refractivity contribution in [1.29, 1.82) is 0 Å². The number of hydrogen-bond donors (Lipinski definition) is 3. The van der Waals surface area contributed by atoms with Crippen LogP contribution in [0.3, 0.4) is 0 Å². The topological polar surface area (TPSA) is 110 Å². The number of aromatic amines is 1. The zero-order chi connectivity index (χ0) is 12.1. The summed E-state index contributed by atoms with van der Waals surface area (Å²) in [5.74, 6) is 0.842. The lowest BCUT2D eigenvalue weighted by Gasteiger charge is -2.02. The van der Waals surface area contributed by atoms with E-state index < -0.39 is 0 Å². The molecule has 1 amide bonds. The molecule has 0 saturated heterocycles. The van der Waals surface area contributed by atoms with Crippen LogP contribution in [0.1, 0.15) is 16.3 Å². The number of anilines is 1. The monoisotopic (exact) mass is 232 g/mol. The van der Waals surface area contributed by atoms with Crippen molar-refractivity contribution in [3.8, 4) is 0 Å². The van der Waals surface area contributed by atoms with Crippen molar-refractivity contribution in [2.24, 2.45) is 0 Å². The van der Waals surface area contributed by atoms with Gasteiger partial charge in [0.25, 0.3) is 5.91 Å². The largest absolute Gasteiger partial charge is 0.382 e. The predicted molar refractivity (Wildman–Crippen MR) is 61.1 cm³/mol. The highest BCUT2D eigenvalue weighted by Crippen LogP contribution is 1.97. The molecule has 4 N–H and O–H groups in total. The maximum absolute atomic E-state index is 11.6. The van der Waals surface area contributed by atoms with E-state index in [1.807, 2.05) is 0 Å². The minimum atomic E-state index is -0.274. The Morgan fingerprint density at radius 2 is 2.29 bits per heavy atom. The van der Waals surface area contributed by atoms with Crippen molar-refractivity contribution < 1.29 is 4.79 Å². The van der Waals surface area contributed by atoms with Gasteiger partial charge in [0.2, 0.25) is 0 Å². The summed E-state index contributed by atoms with van der Waals surface area (Å²) in [5, 5.41) is 10.0. The molecule has 0 radical (unpaired) electrons. The summed E-state index contributed by atoms with van der Waals surface area (Å²) in [6.45, 7) is 0.485. The molecule has 0 aliphatic rings. The summed E-state index contributed by atoms with van der Waals surface area (Å²) < 4.78 is 0. The number of carbonyl (C=O) groups excluding carboxylic acids is 1. The SMILES string of the molecule is Nc1ccc(C(=O)NCCc2ncc[nH]2)nn1. The minimum absolute atomic E-state index is 0.249. The number of H-pyrrole nitrogens is 1. The van der Waals surface area contributed by atoms with Gasteiger partial charge in [0.15, 0.2) is 5.69 Å². The molecule has 2 aromatic heterocycles. The number of hydrogen-bond acceptors (Lipinski definition) is 5. The average Bonchev–Trinajstić information content (AvgIpc) is 2.83. The van der Waals surface area contributed by atoms with Gasteiger partial charge >= 0.3 is 0 Å². The van der Waals surface area contributed by atoms with E-state index in [2.05, 4.69) is 25.5 Å². The number of imidazole rings is 1. The molecule has 0 unspecified atom stereocenters. The number of nitrogens with one attached hydrogen (secondary N) is 2. The molecule has 17 heavy (non-hydrogen) atoms. The van der Waals surface area contributed by atoms with Gasteiger partial charge in [0.05, 0.1) is 0 Å². The van der Waals surface area contributed by atoms with Gasteiger partial charge in [-0.25, -0.2) is 4.98 Å². The Hall–Kier alpha value is -2.44. The molecule has 0 bridgehead atoms. The molecule has 2 aromatic rings. The maximum atomic E-state index is 11.6. The van der Waals surface area contributed by atoms with Gasteiger partial charge in [-0.05, 0) is 12.1 Å². The Morgan fingerprint density at radius 3 is 2.94 bits per heavy atom. The van der Waals surface area contributed by atoms with Crippen LogP contribution in [-0.2, 0) is 6.42 Å². The zero-order valence-corrected chi connectivity index (χ0v) is 9.05. The van der Waals surface area contributed by atoms with E-state index in [4.69, 9.17) is 5.73 Å². The quantitative estimate of drug-likeness (QED) is 0.673. The van der Waals surface area contributed by atoms with E-state index in [0.29, 0.717) is 13.0 Å². The van der Waals surface area contributed by atoms with Gasteiger partial charge in [0, 0.05) is 25.4 Å². The number of rotatable bonds is 4. The number of carbonyl (C=O) groups is 1. The molecule has 0 atom stereocenters. The molecule has 2 heterocycles. The van der Waals surface area contributed by atoms with Gasteiger partial charge < -0.3 is 16.0 Å². The van der Waals surface area contributed by atoms with Gasteiger partial charge in [-0.1, -0.05) is 0 Å². The van der Waals surface area contributed by atoms with E-state index >= 15 is 0 Å². The van der Waals surface area contributed by atoms with Crippen LogP contribution in [0.25, 0.3) is 0 Å². The highest BCUT2D eigenvalue weighted by atomic mass is 16.1. The Labute approximate surface area is 97.5 Å². The van der Waals surface area contributed by atoms with Gasteiger partial charge in [-0.15, -0.1) is 10.2 Å². The Morgan fingerprint density at radius 1 is 1.41 bits per heavy atom. The number of nitrogens with two attached hydrogens (primary N) is 1. The summed E-state index contributed by atoms with van der Waals surface area (Å²) in [6, 6.07) is 3.07. The molecular formula is C10H12N6O. The predicted octanol–water partition coefficient (Wildman–Crippen LogP) is -0.246. The molecule has 7 heteroatoms. The summed E-state index contributed by atoms with van der Waals surface area (Å²) >= 11 is 0. The standard InChI is InChI=1S/C10H12N6O/c11-8-2-1-7(15-16-8)10(17)14-4-3-9-12-5-6-13-9/h1-2,5-6H,3-4H2,(H2,11,16)(H,12,13)(H,14,17). The van der Waals surface area contributed by atoms with Crippen molar-refractivity contribution in [2.75, 3.05) is 12.3 Å². The molecule has 7 nitrogen and oxygen atoms in total. The summed E-state index contributed by atoms with van der Waals surface area (Å²) in [4.78, 5) is 18.6. The van der Waals surface area contributed by atoms with E-state index in [9.17, 15) is 4.79 Å². The lowest BCUT2D eigenvalue weighted by molar-refractivity contribution is 0.0948. The van der Waals surface area contributed by atoms with Crippen LogP contribution >= 0.6 is 0 Å². The van der Waals surface area contributed by atoms with E-state index in [0.717, 1.165) is 5.82 Å². The lowest BCUT2D eigenvalue weighted by Crippen LogP contribution is -2.27. The minimum Gasteiger partial charge on any atom is -0.382 e. The van der Waals surface area contributed by atoms with Gasteiger partial charge in [0.1, 0.15) is 11.6 Å². The van der Waals surface area contributed by atoms with Crippen LogP contribution in [-0.4, -0.2) is 32.6 Å². The first kappa shape index (κ1) is 11.1. The second-order valence-electron chi connectivity index (χ2n) is 3.39. The summed E-state index contributed by atoms with van der Waals surface area (Å²) in [5.41, 5.74) is 5.62. The second kappa shape index (κ2) is 5.06. The Kier molecular flexibility index (Phi) is 3.29. The van der Waals surface area contributed by atoms with Crippen molar-refractivity contribution >= 4 is 11.7 Å². The fourth-order valence-corrected chi connectivity index (χ4v) is 1.28. The average molecular weight is 232 g/mol. The maximum Gasteiger partial charge on any atom is 0.271 e. The van der Waals surface area contributed by atoms with E-state index in [1.165, 1.54) is 12.1 Å². The third-order valence-electron chi connectivity index (χ3n) is 2.12. The molecule has 2 rings (SSSR count). The Balaban J connectivity index is 1.83. The molecule has 88 valence electrons. The first-order valence-electron chi connectivity index (χ1n) is 5.11. The number of aromatic nitrogens is 4. The molecular weight excluding hydrogens is 220 g/mol. The number of nitrogens with zero attached hydrogens (tertiary/aromatic N) is 3. The fraction of sp³-hybridized carbons (Fsp3) is 0.200. The molecule has 0 fully saturated rings. The molecule has 0 aromatic carbocycles. The van der Waals surface area contributed by atoms with Crippen molar-refractivity contribution in [3.63, 3.8) is 0 Å². The summed E-state index contributed by atoms with van der Waals surface area (Å²) in [7, 11) is 0. The number of nitrogen functional groups attached to an aromatic ring is 1. The molecule has 0 saturated carbocycles. The van der Waals surface area contributed by atoms with Crippen LogP contribution in [0.2, 0.25) is 0 Å². The smallest absolute Gasteiger partial charge is 0.271 e. The van der Waals surface area contributed by atoms with Gasteiger partial charge in [-0.2, -0.15) is 0 Å². The van der Waals surface area contributed by atoms with Gasteiger partial charge in [-0.3, -0.25) is 4.79 Å². The van der Waals surface area contributed by atoms with Crippen LogP contribution in [0, 0.1) is 0 Å². The third-order valence-corrected chi connectivity index (χ3v) is 2.12. The van der Waals surface area contributed by atoms with Crippen molar-refractivity contribution in [1.82, 2.24) is 25.5 Å². The first-order valence-corrected chi connectivity index (χ1v) is 5.11. The Bertz CT molecular complexity index is 478. The van der Waals surface area contributed by atoms with Crippen LogP contribution in [0.15, 0.2) is 24.5 Å². The van der Waals surface area contributed by atoms with E-state index in [-0.39, 0.29) is 17.4 Å². The highest BCUT2D eigenvalue weighted by molar-refractivity contribution is 5.92. The fourth-order valence-electron chi connectivity index (χ4n) is 1.28. The van der Waals surface area contributed by atoms with Crippen LogP contribution in [0.4, 0.5) is 5.82 Å². The van der Waals surface area contributed by atoms with Crippen molar-refractivity contribution in [2.45, 2.75) is 6.42 Å². The van der Waals surface area contributed by atoms with Crippen LogP contribution < -0.4 is 11.1 Å². The first-order chi connectivity index (χ1) is 8.25. The highest BCUT2D eigenvalue weighted by Gasteiger charge is 2.06. The molecule has 0 aliphatic carbocycles. The zero-order valence-electron chi connectivity index (χ0n) is 9.05. The third kappa shape index (κ3) is 3.00. The van der Waals surface area contributed by atoms with Crippen LogP contribution in [0.5, 0.6) is 0 Å².